The quantitative estimate of drug-likeness (QED) is 0.285. The highest BCUT2D eigenvalue weighted by atomic mass is 127. The Labute approximate surface area is 163 Å². The predicted molar refractivity (Wildman–Crippen MR) is 102 cm³/mol. The van der Waals surface area contributed by atoms with Gasteiger partial charge in [-0.3, -0.25) is 19.3 Å². The summed E-state index contributed by atoms with van der Waals surface area (Å²) < 4.78 is 11.4. The lowest BCUT2D eigenvalue weighted by Gasteiger charge is -2.12. The molecule has 7 heteroatoms. The Morgan fingerprint density at radius 2 is 1.62 bits per heavy atom. The number of esters is 1. The number of fused-ring (bicyclic) bond motifs is 1. The first kappa shape index (κ1) is 18.1. The maximum Gasteiger partial charge on any atom is 0.326 e. The van der Waals surface area contributed by atoms with E-state index in [1.54, 1.807) is 24.3 Å². The van der Waals surface area contributed by atoms with Gasteiger partial charge in [-0.15, -0.1) is 0 Å². The van der Waals surface area contributed by atoms with Gasteiger partial charge in [0.15, 0.2) is 0 Å². The van der Waals surface area contributed by atoms with Crippen LogP contribution in [-0.2, 0) is 9.53 Å². The number of imide groups is 1. The lowest BCUT2D eigenvalue weighted by Crippen LogP contribution is -2.35. The van der Waals surface area contributed by atoms with E-state index >= 15 is 0 Å². The number of para-hydroxylation sites is 1. The molecule has 0 unspecified atom stereocenters. The Morgan fingerprint density at radius 3 is 2.27 bits per heavy atom. The number of benzene rings is 2. The first-order valence-corrected chi connectivity index (χ1v) is 8.83. The van der Waals surface area contributed by atoms with Crippen LogP contribution in [0.4, 0.5) is 0 Å². The van der Waals surface area contributed by atoms with E-state index in [0.717, 1.165) is 8.47 Å². The molecule has 6 nitrogen and oxygen atoms in total. The van der Waals surface area contributed by atoms with Gasteiger partial charge in [-0.25, -0.2) is 0 Å². The van der Waals surface area contributed by atoms with Crippen LogP contribution >= 0.6 is 22.6 Å². The number of nitrogens with zero attached hydrogens (tertiary/aromatic N) is 1. The molecule has 0 saturated carbocycles. The molecule has 1 aliphatic rings. The molecule has 0 bridgehead atoms. The van der Waals surface area contributed by atoms with Gasteiger partial charge in [-0.2, -0.15) is 0 Å². The van der Waals surface area contributed by atoms with E-state index in [1.807, 2.05) is 24.3 Å². The molecule has 1 heterocycles. The van der Waals surface area contributed by atoms with Gasteiger partial charge in [0.2, 0.25) is 0 Å². The topological polar surface area (TPSA) is 72.9 Å². The van der Waals surface area contributed by atoms with E-state index in [2.05, 4.69) is 22.6 Å². The summed E-state index contributed by atoms with van der Waals surface area (Å²) in [5.41, 5.74) is 0.604. The molecule has 0 radical (unpaired) electrons. The van der Waals surface area contributed by atoms with E-state index in [4.69, 9.17) is 9.47 Å². The number of amides is 2. The largest absolute Gasteiger partial charge is 0.464 e. The number of carbonyl (C=O) groups is 3. The predicted octanol–water partition coefficient (Wildman–Crippen LogP) is 3.02. The first-order chi connectivity index (χ1) is 12.6. The molecule has 0 saturated heterocycles. The van der Waals surface area contributed by atoms with Crippen molar-refractivity contribution in [3.8, 4) is 5.75 Å². The highest BCUT2D eigenvalue weighted by Crippen LogP contribution is 2.22. The minimum absolute atomic E-state index is 0.0224. The van der Waals surface area contributed by atoms with Crippen molar-refractivity contribution in [3.63, 3.8) is 0 Å². The van der Waals surface area contributed by atoms with Crippen LogP contribution < -0.4 is 4.74 Å². The van der Waals surface area contributed by atoms with Crippen molar-refractivity contribution < 1.29 is 23.9 Å². The van der Waals surface area contributed by atoms with Crippen molar-refractivity contribution in [2.24, 2.45) is 0 Å². The van der Waals surface area contributed by atoms with Gasteiger partial charge >= 0.3 is 5.97 Å². The Morgan fingerprint density at radius 1 is 1.00 bits per heavy atom. The molecule has 2 aromatic carbocycles. The highest BCUT2D eigenvalue weighted by Gasteiger charge is 2.36. The van der Waals surface area contributed by atoms with Crippen molar-refractivity contribution in [2.45, 2.75) is 0 Å². The molecule has 0 aliphatic carbocycles. The summed E-state index contributed by atoms with van der Waals surface area (Å²) in [6, 6.07) is 14.0. The zero-order valence-electron chi connectivity index (χ0n) is 13.6. The normalized spacial score (nSPS) is 13.2. The molecule has 2 amide bonds. The Balaban J connectivity index is 1.48. The van der Waals surface area contributed by atoms with E-state index in [9.17, 15) is 14.4 Å². The molecule has 0 fully saturated rings. The van der Waals surface area contributed by atoms with Crippen molar-refractivity contribution in [3.05, 3.63) is 75.6 Å². The average molecular weight is 463 g/mol. The molecular weight excluding hydrogens is 449 g/mol. The number of rotatable bonds is 6. The Kier molecular flexibility index (Phi) is 5.67. The van der Waals surface area contributed by atoms with Crippen LogP contribution in [0.1, 0.15) is 20.7 Å². The second-order valence-electron chi connectivity index (χ2n) is 5.35. The van der Waals surface area contributed by atoms with Crippen LogP contribution in [0.2, 0.25) is 0 Å². The summed E-state index contributed by atoms with van der Waals surface area (Å²) in [6.07, 6.45) is 2.95. The van der Waals surface area contributed by atoms with Crippen LogP contribution in [0.5, 0.6) is 5.75 Å². The van der Waals surface area contributed by atoms with E-state index < -0.39 is 24.3 Å². The number of hydrogen-bond donors (Lipinski definition) is 0. The fraction of sp³-hybridized carbons (Fsp3) is 0.105. The molecule has 2 aromatic rings. The number of carbonyl (C=O) groups excluding carboxylic acids is 3. The molecule has 0 aromatic heterocycles. The summed E-state index contributed by atoms with van der Waals surface area (Å²) in [4.78, 5) is 37.1. The highest BCUT2D eigenvalue weighted by molar-refractivity contribution is 14.1. The maximum atomic E-state index is 12.2. The minimum atomic E-state index is -0.668. The lowest BCUT2D eigenvalue weighted by atomic mass is 10.1. The van der Waals surface area contributed by atoms with Gasteiger partial charge in [-0.05, 0) is 52.9 Å². The van der Waals surface area contributed by atoms with Crippen LogP contribution in [-0.4, -0.2) is 35.8 Å². The number of hydrogen-bond acceptors (Lipinski definition) is 5. The number of ether oxygens (including phenoxy) is 2. The smallest absolute Gasteiger partial charge is 0.326 e. The Hall–Kier alpha value is -2.68. The van der Waals surface area contributed by atoms with Crippen LogP contribution in [0.3, 0.4) is 0 Å². The van der Waals surface area contributed by atoms with E-state index in [1.165, 1.54) is 12.3 Å². The lowest BCUT2D eigenvalue weighted by molar-refractivity contribution is -0.142. The first-order valence-electron chi connectivity index (χ1n) is 7.75. The minimum Gasteiger partial charge on any atom is -0.464 e. The fourth-order valence-electron chi connectivity index (χ4n) is 2.40. The van der Waals surface area contributed by atoms with Crippen molar-refractivity contribution >= 4 is 40.4 Å². The zero-order chi connectivity index (χ0) is 18.5. The van der Waals surface area contributed by atoms with Crippen molar-refractivity contribution in [1.29, 1.82) is 0 Å². The maximum absolute atomic E-state index is 12.2. The van der Waals surface area contributed by atoms with E-state index in [0.29, 0.717) is 16.9 Å². The fourth-order valence-corrected chi connectivity index (χ4v) is 2.91. The standard InChI is InChI=1S/C19H14INO5/c20-15-8-3-4-9-16(15)25-10-5-11-26-17(22)12-21-18(23)13-6-1-2-7-14(13)19(21)24/h1-10H,11-12H2/b10-5+. The third-order valence-electron chi connectivity index (χ3n) is 3.63. The molecule has 0 atom stereocenters. The summed E-state index contributed by atoms with van der Waals surface area (Å²) in [5, 5.41) is 0. The molecule has 3 rings (SSSR count). The van der Waals surface area contributed by atoms with Gasteiger partial charge in [0.25, 0.3) is 11.8 Å². The zero-order valence-corrected chi connectivity index (χ0v) is 15.7. The SMILES string of the molecule is O=C(CN1C(=O)c2ccccc2C1=O)OC/C=C/Oc1ccccc1I. The van der Waals surface area contributed by atoms with Crippen molar-refractivity contribution in [2.75, 3.05) is 13.2 Å². The van der Waals surface area contributed by atoms with Crippen LogP contribution in [0, 0.1) is 3.57 Å². The Bertz CT molecular complexity index is 858. The summed E-state index contributed by atoms with van der Waals surface area (Å²) in [5.74, 6) is -0.944. The molecule has 1 aliphatic heterocycles. The van der Waals surface area contributed by atoms with Gasteiger partial charge in [0.05, 0.1) is 21.0 Å². The molecule has 132 valence electrons. The monoisotopic (exact) mass is 463 g/mol. The summed E-state index contributed by atoms with van der Waals surface area (Å²) in [6.45, 7) is -0.441. The van der Waals surface area contributed by atoms with Gasteiger partial charge in [0.1, 0.15) is 18.9 Å². The average Bonchev–Trinajstić information content (AvgIpc) is 2.88. The third-order valence-corrected chi connectivity index (χ3v) is 4.53. The molecule has 0 spiro atoms. The van der Waals surface area contributed by atoms with Gasteiger partial charge < -0.3 is 9.47 Å². The van der Waals surface area contributed by atoms with Gasteiger partial charge in [-0.1, -0.05) is 24.3 Å². The van der Waals surface area contributed by atoms with Gasteiger partial charge in [0, 0.05) is 0 Å². The van der Waals surface area contributed by atoms with E-state index in [-0.39, 0.29) is 6.61 Å². The molecule has 0 N–H and O–H groups in total. The van der Waals surface area contributed by atoms with Crippen LogP contribution in [0.15, 0.2) is 60.9 Å². The summed E-state index contributed by atoms with van der Waals surface area (Å²) >= 11 is 2.15. The number of halogens is 1. The summed E-state index contributed by atoms with van der Waals surface area (Å²) in [7, 11) is 0. The second kappa shape index (κ2) is 8.13. The van der Waals surface area contributed by atoms with Crippen LogP contribution in [0.25, 0.3) is 0 Å². The molecule has 26 heavy (non-hydrogen) atoms. The molecular formula is C19H14INO5. The second-order valence-corrected chi connectivity index (χ2v) is 6.51. The van der Waals surface area contributed by atoms with Crippen molar-refractivity contribution in [1.82, 2.24) is 4.90 Å². The third kappa shape index (κ3) is 3.93.